The van der Waals surface area contributed by atoms with Crippen LogP contribution in [0, 0.1) is 63.1 Å². The number of hydrogen-bond acceptors (Lipinski definition) is 7. The molecule has 8 rings (SSSR count). The summed E-state index contributed by atoms with van der Waals surface area (Å²) in [7, 11) is 0. The SMILES string of the molecule is CC(=O)[C@H]1CC[C@H]2[C@@H]3CC=C4C[C@@H](O)CC[C@]4(C)[C@H]3CC[C@]12C.C[C@]12C=CC(=O)C=C1CC[C@@H]1[C@@H]2[C@@H](O)C[C@@]2(C)[C@H]1CC[C@]2(O)C(=O)CO. The van der Waals surface area contributed by atoms with Crippen LogP contribution in [0.15, 0.2) is 35.5 Å². The Morgan fingerprint density at radius 3 is 2.33 bits per heavy atom. The van der Waals surface area contributed by atoms with Crippen molar-refractivity contribution < 1.29 is 34.8 Å². The first kappa shape index (κ1) is 35.5. The molecular formula is C42H60O7. The molecule has 7 heteroatoms. The molecule has 8 aliphatic carbocycles. The van der Waals surface area contributed by atoms with E-state index in [0.29, 0.717) is 30.0 Å². The van der Waals surface area contributed by atoms with Crippen molar-refractivity contribution in [3.63, 3.8) is 0 Å². The highest BCUT2D eigenvalue weighted by molar-refractivity contribution is 6.01. The summed E-state index contributed by atoms with van der Waals surface area (Å²) in [5.41, 5.74) is 0.572. The smallest absolute Gasteiger partial charge is 0.190 e. The number of aliphatic hydroxyl groups is 4. The van der Waals surface area contributed by atoms with Gasteiger partial charge in [0.15, 0.2) is 11.6 Å². The van der Waals surface area contributed by atoms with Gasteiger partial charge < -0.3 is 20.4 Å². The van der Waals surface area contributed by atoms with E-state index in [1.54, 1.807) is 17.7 Å². The van der Waals surface area contributed by atoms with E-state index in [4.69, 9.17) is 0 Å². The molecule has 0 spiro atoms. The number of allylic oxidation sites excluding steroid dienone is 5. The zero-order valence-corrected chi connectivity index (χ0v) is 30.4. The van der Waals surface area contributed by atoms with E-state index in [0.717, 1.165) is 68.3 Å². The monoisotopic (exact) mass is 676 g/mol. The molecule has 0 unspecified atom stereocenters. The minimum Gasteiger partial charge on any atom is -0.393 e. The average Bonchev–Trinajstić information content (AvgIpc) is 3.55. The number of fused-ring (bicyclic) bond motifs is 10. The Balaban J connectivity index is 0.000000155. The average molecular weight is 677 g/mol. The van der Waals surface area contributed by atoms with Crippen molar-refractivity contribution in [3.8, 4) is 0 Å². The third-order valence-electron chi connectivity index (χ3n) is 16.8. The lowest BCUT2D eigenvalue weighted by Crippen LogP contribution is -2.61. The number of ketones is 3. The summed E-state index contributed by atoms with van der Waals surface area (Å²) >= 11 is 0. The molecule has 6 fully saturated rings. The molecule has 0 radical (unpaired) electrons. The summed E-state index contributed by atoms with van der Waals surface area (Å²) < 4.78 is 0. The molecule has 6 saturated carbocycles. The van der Waals surface area contributed by atoms with E-state index in [1.165, 1.54) is 25.7 Å². The van der Waals surface area contributed by atoms with Gasteiger partial charge in [0.25, 0.3) is 0 Å². The highest BCUT2D eigenvalue weighted by Crippen LogP contribution is 2.68. The van der Waals surface area contributed by atoms with Crippen molar-refractivity contribution >= 4 is 17.3 Å². The van der Waals surface area contributed by atoms with Crippen LogP contribution in [0.2, 0.25) is 0 Å². The number of aliphatic hydroxyl groups excluding tert-OH is 3. The Labute approximate surface area is 292 Å². The van der Waals surface area contributed by atoms with Crippen LogP contribution in [-0.2, 0) is 14.4 Å². The summed E-state index contributed by atoms with van der Waals surface area (Å²) in [6.07, 6.45) is 19.1. The standard InChI is InChI=1S/C21H28O5.C21H32O2/c1-19-7-5-13(23)9-12(19)3-4-14-15-6-8-21(26,17(25)11-22)20(15,2)10-16(24)18(14)19;1-13(22)17-6-7-18-16-5-4-14-12-15(23)8-10-20(14,2)19(16)9-11-21(17,18)3/h5,7,9,14-16,18,22,24,26H,3-4,6,8,10-11H2,1-2H3;4,15-19,23H,5-12H2,1-3H3/t14-,15-,16-,18+,19-,20-,21-;15-,16-,17+,18-,19-,20-,21+/m00/s1. The topological polar surface area (TPSA) is 132 Å². The number of hydrogen-bond donors (Lipinski definition) is 4. The van der Waals surface area contributed by atoms with Crippen molar-refractivity contribution in [2.24, 2.45) is 63.1 Å². The maximum atomic E-state index is 12.4. The highest BCUT2D eigenvalue weighted by atomic mass is 16.3. The van der Waals surface area contributed by atoms with Gasteiger partial charge in [0.2, 0.25) is 0 Å². The molecule has 14 atom stereocenters. The van der Waals surface area contributed by atoms with Crippen molar-refractivity contribution in [3.05, 3.63) is 35.5 Å². The van der Waals surface area contributed by atoms with Crippen molar-refractivity contribution in [2.75, 3.05) is 6.61 Å². The number of Topliss-reactive ketones (excluding diaryl/α,β-unsaturated/α-hetero) is 2. The molecule has 4 N–H and O–H groups in total. The van der Waals surface area contributed by atoms with Crippen molar-refractivity contribution in [2.45, 2.75) is 136 Å². The van der Waals surface area contributed by atoms with Gasteiger partial charge >= 0.3 is 0 Å². The van der Waals surface area contributed by atoms with Gasteiger partial charge in [-0.25, -0.2) is 0 Å². The summed E-state index contributed by atoms with van der Waals surface area (Å²) in [6.45, 7) is 10.0. The normalized spacial score (nSPS) is 51.0. The molecule has 0 aliphatic heterocycles. The van der Waals surface area contributed by atoms with Crippen LogP contribution in [0.3, 0.4) is 0 Å². The van der Waals surface area contributed by atoms with Gasteiger partial charge in [-0.15, -0.1) is 0 Å². The Morgan fingerprint density at radius 1 is 0.878 bits per heavy atom. The molecule has 0 bridgehead atoms. The van der Waals surface area contributed by atoms with E-state index in [2.05, 4.69) is 26.8 Å². The molecule has 0 aromatic heterocycles. The van der Waals surface area contributed by atoms with Crippen LogP contribution in [-0.4, -0.2) is 62.2 Å². The van der Waals surface area contributed by atoms with Gasteiger partial charge in [-0.3, -0.25) is 14.4 Å². The summed E-state index contributed by atoms with van der Waals surface area (Å²) in [5, 5.41) is 41.7. The van der Waals surface area contributed by atoms with Crippen molar-refractivity contribution in [1.29, 1.82) is 0 Å². The predicted octanol–water partition coefficient (Wildman–Crippen LogP) is 6.07. The van der Waals surface area contributed by atoms with Crippen LogP contribution in [0.4, 0.5) is 0 Å². The van der Waals surface area contributed by atoms with E-state index in [-0.39, 0.29) is 40.5 Å². The Hall–Kier alpha value is -1.93. The van der Waals surface area contributed by atoms with Gasteiger partial charge in [0, 0.05) is 22.7 Å². The Kier molecular flexibility index (Phi) is 8.73. The second-order valence-electron chi connectivity index (χ2n) is 18.6. The lowest BCUT2D eigenvalue weighted by molar-refractivity contribution is -0.178. The fourth-order valence-electron chi connectivity index (χ4n) is 14.2. The molecule has 0 amide bonds. The van der Waals surface area contributed by atoms with Gasteiger partial charge in [-0.1, -0.05) is 51.0 Å². The molecule has 0 aromatic carbocycles. The molecule has 0 heterocycles. The molecule has 49 heavy (non-hydrogen) atoms. The fourth-order valence-corrected chi connectivity index (χ4v) is 14.2. The molecule has 8 aliphatic rings. The van der Waals surface area contributed by atoms with Crippen LogP contribution in [0.1, 0.15) is 118 Å². The molecule has 270 valence electrons. The van der Waals surface area contributed by atoms with E-state index in [1.807, 2.05) is 19.9 Å². The molecule has 7 nitrogen and oxygen atoms in total. The second kappa shape index (κ2) is 12.1. The minimum absolute atomic E-state index is 0.00912. The Bertz CT molecular complexity index is 1490. The zero-order valence-electron chi connectivity index (χ0n) is 30.4. The van der Waals surface area contributed by atoms with Gasteiger partial charge in [-0.05, 0) is 143 Å². The van der Waals surface area contributed by atoms with E-state index < -0.39 is 29.5 Å². The third-order valence-corrected chi connectivity index (χ3v) is 16.8. The number of carbonyl (C=O) groups is 3. The summed E-state index contributed by atoms with van der Waals surface area (Å²) in [4.78, 5) is 36.3. The minimum atomic E-state index is -1.56. The maximum Gasteiger partial charge on any atom is 0.190 e. The number of rotatable bonds is 3. The van der Waals surface area contributed by atoms with Crippen LogP contribution in [0.25, 0.3) is 0 Å². The van der Waals surface area contributed by atoms with Crippen LogP contribution < -0.4 is 0 Å². The summed E-state index contributed by atoms with van der Waals surface area (Å²) in [5.74, 6) is 2.78. The lowest BCUT2D eigenvalue weighted by atomic mass is 9.46. The van der Waals surface area contributed by atoms with Crippen LogP contribution in [0.5, 0.6) is 0 Å². The van der Waals surface area contributed by atoms with Crippen LogP contribution >= 0.6 is 0 Å². The highest BCUT2D eigenvalue weighted by Gasteiger charge is 2.68. The first-order chi connectivity index (χ1) is 23.0. The second-order valence-corrected chi connectivity index (χ2v) is 18.6. The molecular weight excluding hydrogens is 616 g/mol. The first-order valence-corrected chi connectivity index (χ1v) is 19.4. The first-order valence-electron chi connectivity index (χ1n) is 19.4. The number of carbonyl (C=O) groups excluding carboxylic acids is 3. The fraction of sp³-hybridized carbons (Fsp3) is 0.786. The quantitative estimate of drug-likeness (QED) is 0.267. The maximum absolute atomic E-state index is 12.4. The third kappa shape index (κ3) is 5.05. The largest absolute Gasteiger partial charge is 0.393 e. The van der Waals surface area contributed by atoms with Gasteiger partial charge in [0.05, 0.1) is 12.2 Å². The lowest BCUT2D eigenvalue weighted by Gasteiger charge is -2.59. The van der Waals surface area contributed by atoms with Gasteiger partial charge in [0.1, 0.15) is 18.0 Å². The predicted molar refractivity (Wildman–Crippen MR) is 187 cm³/mol. The van der Waals surface area contributed by atoms with Crippen molar-refractivity contribution in [1.82, 2.24) is 0 Å². The van der Waals surface area contributed by atoms with E-state index >= 15 is 0 Å². The van der Waals surface area contributed by atoms with Gasteiger partial charge in [-0.2, -0.15) is 0 Å². The summed E-state index contributed by atoms with van der Waals surface area (Å²) in [6, 6.07) is 0. The van der Waals surface area contributed by atoms with E-state index in [9.17, 15) is 34.8 Å². The Morgan fingerprint density at radius 2 is 1.61 bits per heavy atom. The molecule has 0 aromatic rings. The molecule has 0 saturated heterocycles. The zero-order chi connectivity index (χ0) is 35.3.